The van der Waals surface area contributed by atoms with E-state index in [-0.39, 0.29) is 53.3 Å². The first-order valence-corrected chi connectivity index (χ1v) is 14.8. The van der Waals surface area contributed by atoms with Gasteiger partial charge in [0.1, 0.15) is 5.82 Å². The molecule has 2 aromatic carbocycles. The summed E-state index contributed by atoms with van der Waals surface area (Å²) in [4.78, 5) is 45.3. The highest BCUT2D eigenvalue weighted by atomic mass is 35.5. The zero-order chi connectivity index (χ0) is 28.6. The number of likely N-dealkylation sites (tertiary alicyclic amines) is 2. The summed E-state index contributed by atoms with van der Waals surface area (Å²) in [6.07, 6.45) is 4.01. The molecule has 0 N–H and O–H groups in total. The van der Waals surface area contributed by atoms with Crippen LogP contribution in [0.3, 0.4) is 0 Å². The molecule has 2 heterocycles. The van der Waals surface area contributed by atoms with E-state index in [2.05, 4.69) is 0 Å². The van der Waals surface area contributed by atoms with Crippen LogP contribution in [-0.2, 0) is 20.8 Å². The lowest BCUT2D eigenvalue weighted by Gasteiger charge is -2.34. The van der Waals surface area contributed by atoms with Gasteiger partial charge in [-0.05, 0) is 67.5 Å². The fraction of sp³-hybridized carbons (Fsp3) is 0.516. The number of aryl methyl sites for hydroxylation is 1. The van der Waals surface area contributed by atoms with Crippen LogP contribution < -0.4 is 0 Å². The summed E-state index contributed by atoms with van der Waals surface area (Å²) in [6.45, 7) is 4.16. The van der Waals surface area contributed by atoms with Gasteiger partial charge in [0.2, 0.25) is 17.7 Å². The molecule has 9 heteroatoms. The van der Waals surface area contributed by atoms with Crippen molar-refractivity contribution in [1.29, 1.82) is 0 Å². The second-order valence-corrected chi connectivity index (χ2v) is 12.7. The number of rotatable bonds is 7. The average molecular weight is 589 g/mol. The number of nitrogens with zero attached hydrogens (tertiary/aromatic N) is 3. The normalized spacial score (nSPS) is 22.3. The maximum Gasteiger partial charge on any atom is 0.228 e. The lowest BCUT2D eigenvalue weighted by atomic mass is 9.93. The average Bonchev–Trinajstić information content (AvgIpc) is 3.56. The summed E-state index contributed by atoms with van der Waals surface area (Å²) < 4.78 is 13.3. The predicted molar refractivity (Wildman–Crippen MR) is 154 cm³/mol. The molecule has 214 valence electrons. The van der Waals surface area contributed by atoms with Crippen molar-refractivity contribution in [2.24, 2.45) is 11.3 Å². The number of hydrogen-bond donors (Lipinski definition) is 0. The molecular formula is C31H36Cl2FN3O3. The highest BCUT2D eigenvalue weighted by Gasteiger charge is 2.48. The van der Waals surface area contributed by atoms with E-state index < -0.39 is 0 Å². The SMILES string of the molecule is CN(C(=O)CCc1ccc(F)cc1)[C@H]1CN(C(=O)C2CCN(C(=O)C3(C)CC3)CC2)C[C@@H]1c1ccc(Cl)c(Cl)c1. The van der Waals surface area contributed by atoms with Crippen LogP contribution in [0.25, 0.3) is 0 Å². The molecular weight excluding hydrogens is 552 g/mol. The summed E-state index contributed by atoms with van der Waals surface area (Å²) >= 11 is 12.5. The Labute approximate surface area is 245 Å². The molecule has 5 rings (SSSR count). The van der Waals surface area contributed by atoms with Crippen LogP contribution in [0.5, 0.6) is 0 Å². The molecule has 2 aromatic rings. The molecule has 0 bridgehead atoms. The second-order valence-electron chi connectivity index (χ2n) is 11.8. The van der Waals surface area contributed by atoms with Gasteiger partial charge in [-0.1, -0.05) is 48.3 Å². The minimum Gasteiger partial charge on any atom is -0.342 e. The van der Waals surface area contributed by atoms with Crippen molar-refractivity contribution in [2.75, 3.05) is 33.2 Å². The number of piperidine rings is 1. The Morgan fingerprint density at radius 1 is 0.975 bits per heavy atom. The summed E-state index contributed by atoms with van der Waals surface area (Å²) in [7, 11) is 1.79. The molecule has 3 fully saturated rings. The van der Waals surface area contributed by atoms with Crippen molar-refractivity contribution < 1.29 is 18.8 Å². The van der Waals surface area contributed by atoms with Crippen molar-refractivity contribution in [3.63, 3.8) is 0 Å². The lowest BCUT2D eigenvalue weighted by molar-refractivity contribution is -0.142. The molecule has 0 spiro atoms. The van der Waals surface area contributed by atoms with Gasteiger partial charge in [-0.15, -0.1) is 0 Å². The van der Waals surface area contributed by atoms with Crippen LogP contribution in [0.4, 0.5) is 4.39 Å². The van der Waals surface area contributed by atoms with Crippen LogP contribution in [0.1, 0.15) is 56.1 Å². The molecule has 2 saturated heterocycles. The summed E-state index contributed by atoms with van der Waals surface area (Å²) in [5, 5.41) is 0.896. The number of carbonyl (C=O) groups excluding carboxylic acids is 3. The lowest BCUT2D eigenvalue weighted by Crippen LogP contribution is -2.46. The number of likely N-dealkylation sites (N-methyl/N-ethyl adjacent to an activating group) is 1. The molecule has 6 nitrogen and oxygen atoms in total. The Bertz CT molecular complexity index is 1280. The topological polar surface area (TPSA) is 60.9 Å². The Balaban J connectivity index is 1.27. The standard InChI is InChI=1S/C31H36Cl2FN3O3/c1-31(13-14-31)30(40)36-15-11-21(12-16-36)29(39)37-18-24(22-6-9-25(32)26(33)17-22)27(19-37)35(2)28(38)10-5-20-3-7-23(34)8-4-20/h3-4,6-9,17,21,24,27H,5,10-16,18-19H2,1-2H3/t24-,27+/m1/s1. The third-order valence-electron chi connectivity index (χ3n) is 9.05. The van der Waals surface area contributed by atoms with Crippen molar-refractivity contribution >= 4 is 40.9 Å². The molecule has 3 amide bonds. The van der Waals surface area contributed by atoms with Gasteiger partial charge in [-0.2, -0.15) is 0 Å². The van der Waals surface area contributed by atoms with Crippen LogP contribution in [0.2, 0.25) is 10.0 Å². The minimum atomic E-state index is -0.304. The molecule has 40 heavy (non-hydrogen) atoms. The largest absolute Gasteiger partial charge is 0.342 e. The predicted octanol–water partition coefficient (Wildman–Crippen LogP) is 5.56. The van der Waals surface area contributed by atoms with Gasteiger partial charge in [0.05, 0.1) is 16.1 Å². The van der Waals surface area contributed by atoms with Gasteiger partial charge < -0.3 is 14.7 Å². The minimum absolute atomic E-state index is 0.0333. The second kappa shape index (κ2) is 11.7. The number of halogens is 3. The fourth-order valence-corrected chi connectivity index (χ4v) is 6.37. The van der Waals surface area contributed by atoms with Gasteiger partial charge in [-0.25, -0.2) is 4.39 Å². The third-order valence-corrected chi connectivity index (χ3v) is 9.79. The highest BCUT2D eigenvalue weighted by molar-refractivity contribution is 6.42. The van der Waals surface area contributed by atoms with Crippen molar-refractivity contribution in [3.8, 4) is 0 Å². The number of benzene rings is 2. The molecule has 0 radical (unpaired) electrons. The van der Waals surface area contributed by atoms with Crippen molar-refractivity contribution in [1.82, 2.24) is 14.7 Å². The summed E-state index contributed by atoms with van der Waals surface area (Å²) in [6, 6.07) is 11.5. The maximum absolute atomic E-state index is 13.7. The number of carbonyl (C=O) groups is 3. The third kappa shape index (κ3) is 6.15. The Morgan fingerprint density at radius 3 is 2.27 bits per heavy atom. The van der Waals surface area contributed by atoms with E-state index in [1.54, 1.807) is 30.1 Å². The van der Waals surface area contributed by atoms with Gasteiger partial charge in [0, 0.05) is 56.9 Å². The fourth-order valence-electron chi connectivity index (χ4n) is 6.06. The van der Waals surface area contributed by atoms with Crippen LogP contribution in [0, 0.1) is 17.2 Å². The van der Waals surface area contributed by atoms with E-state index in [1.807, 2.05) is 28.9 Å². The smallest absolute Gasteiger partial charge is 0.228 e. The zero-order valence-corrected chi connectivity index (χ0v) is 24.6. The molecule has 1 aliphatic carbocycles. The number of amides is 3. The van der Waals surface area contributed by atoms with E-state index >= 15 is 0 Å². The van der Waals surface area contributed by atoms with Crippen molar-refractivity contribution in [2.45, 2.75) is 57.4 Å². The van der Waals surface area contributed by atoms with E-state index in [1.165, 1.54) is 12.1 Å². The molecule has 0 unspecified atom stereocenters. The maximum atomic E-state index is 13.7. The summed E-state index contributed by atoms with van der Waals surface area (Å²) in [5.41, 5.74) is 1.64. The Hall–Kier alpha value is -2.64. The Morgan fingerprint density at radius 2 is 1.65 bits per heavy atom. The van der Waals surface area contributed by atoms with Crippen LogP contribution >= 0.6 is 23.2 Å². The van der Waals surface area contributed by atoms with E-state index in [0.717, 1.165) is 24.0 Å². The van der Waals surface area contributed by atoms with Gasteiger partial charge in [0.15, 0.2) is 0 Å². The quantitative estimate of drug-likeness (QED) is 0.426. The van der Waals surface area contributed by atoms with Crippen LogP contribution in [0.15, 0.2) is 42.5 Å². The number of hydrogen-bond acceptors (Lipinski definition) is 3. The Kier molecular flexibility index (Phi) is 8.44. The first-order chi connectivity index (χ1) is 19.1. The van der Waals surface area contributed by atoms with E-state index in [4.69, 9.17) is 23.2 Å². The van der Waals surface area contributed by atoms with Gasteiger partial charge in [0.25, 0.3) is 0 Å². The van der Waals surface area contributed by atoms with E-state index in [0.29, 0.717) is 55.5 Å². The molecule has 1 saturated carbocycles. The first-order valence-electron chi connectivity index (χ1n) is 14.1. The monoisotopic (exact) mass is 587 g/mol. The summed E-state index contributed by atoms with van der Waals surface area (Å²) in [5.74, 6) is -0.279. The molecule has 2 atom stereocenters. The van der Waals surface area contributed by atoms with Gasteiger partial charge >= 0.3 is 0 Å². The molecule has 2 aliphatic heterocycles. The van der Waals surface area contributed by atoms with Gasteiger partial charge in [-0.3, -0.25) is 14.4 Å². The first kappa shape index (κ1) is 28.9. The van der Waals surface area contributed by atoms with E-state index in [9.17, 15) is 18.8 Å². The molecule has 3 aliphatic rings. The van der Waals surface area contributed by atoms with Crippen molar-refractivity contribution in [3.05, 3.63) is 69.5 Å². The highest BCUT2D eigenvalue weighted by Crippen LogP contribution is 2.47. The molecule has 0 aromatic heterocycles. The van der Waals surface area contributed by atoms with Crippen LogP contribution in [-0.4, -0.2) is 71.7 Å². The zero-order valence-electron chi connectivity index (χ0n) is 23.0.